The van der Waals surface area contributed by atoms with Gasteiger partial charge in [-0.05, 0) is 11.8 Å². The fourth-order valence-electron chi connectivity index (χ4n) is 2.19. The minimum absolute atomic E-state index is 1.08. The van der Waals surface area contributed by atoms with Gasteiger partial charge in [0.1, 0.15) is 0 Å². The highest BCUT2D eigenvalue weighted by atomic mass is 14.3. The van der Waals surface area contributed by atoms with Gasteiger partial charge in [0.05, 0.1) is 0 Å². The smallest absolute Gasteiger partial charge is 0.0389 e. The lowest BCUT2D eigenvalue weighted by molar-refractivity contribution is 0.367. The highest BCUT2D eigenvalue weighted by Crippen LogP contribution is 2.35. The van der Waals surface area contributed by atoms with E-state index in [0.717, 1.165) is 11.8 Å². The molecule has 1 rings (SSSR count). The van der Waals surface area contributed by atoms with Crippen LogP contribution >= 0.6 is 0 Å². The summed E-state index contributed by atoms with van der Waals surface area (Å²) in [6, 6.07) is 0. The Hall–Kier alpha value is 0. The van der Waals surface area contributed by atoms with Crippen molar-refractivity contribution < 1.29 is 0 Å². The van der Waals surface area contributed by atoms with Crippen molar-refractivity contribution in [3.8, 4) is 0 Å². The Morgan fingerprint density at radius 3 is 1.55 bits per heavy atom. The van der Waals surface area contributed by atoms with Crippen LogP contribution in [0.1, 0.15) is 59.8 Å². The maximum Gasteiger partial charge on any atom is -0.0389 e. The fourth-order valence-corrected chi connectivity index (χ4v) is 2.19. The molecule has 0 N–H and O–H groups in total. The maximum atomic E-state index is 2.33. The van der Waals surface area contributed by atoms with Crippen molar-refractivity contribution in [1.82, 2.24) is 0 Å². The molecule has 0 nitrogen and oxygen atoms in total. The number of hydrogen-bond acceptors (Lipinski definition) is 0. The Kier molecular flexibility index (Phi) is 6.69. The maximum absolute atomic E-state index is 2.33. The van der Waals surface area contributed by atoms with Crippen LogP contribution in [0.25, 0.3) is 0 Å². The van der Waals surface area contributed by atoms with Crippen molar-refractivity contribution in [1.29, 1.82) is 0 Å². The van der Waals surface area contributed by atoms with Crippen LogP contribution in [-0.4, -0.2) is 0 Å². The highest BCUT2D eigenvalue weighted by Gasteiger charge is 2.23. The van der Waals surface area contributed by atoms with Crippen LogP contribution in [0.15, 0.2) is 0 Å². The summed E-state index contributed by atoms with van der Waals surface area (Å²) in [4.78, 5) is 0. The normalized spacial score (nSPS) is 29.5. The Morgan fingerprint density at radius 2 is 1.27 bits per heavy atom. The molecule has 2 atom stereocenters. The first-order chi connectivity index (χ1) is 5.38. The average molecular weight is 156 g/mol. The monoisotopic (exact) mass is 156 g/mol. The molecule has 0 aromatic heterocycles. The molecule has 2 unspecified atom stereocenters. The van der Waals surface area contributed by atoms with E-state index in [1.807, 2.05) is 13.8 Å². The molecule has 1 aliphatic carbocycles. The van der Waals surface area contributed by atoms with Gasteiger partial charge in [-0.25, -0.2) is 0 Å². The van der Waals surface area contributed by atoms with E-state index in [1.54, 1.807) is 0 Å². The molecule has 0 aliphatic heterocycles. The molecule has 1 saturated carbocycles. The summed E-state index contributed by atoms with van der Waals surface area (Å²) < 4.78 is 0. The Labute approximate surface area is 72.4 Å². The molecule has 0 radical (unpaired) electrons. The van der Waals surface area contributed by atoms with Crippen LogP contribution in [-0.2, 0) is 0 Å². The third-order valence-electron chi connectivity index (χ3n) is 2.87. The standard InChI is InChI=1S/C9H18.C2H6/c1-3-8-6-5-7-9(8)4-2;1-2/h8-9H,3-7H2,1-2H3;1-2H3. The minimum atomic E-state index is 1.08. The summed E-state index contributed by atoms with van der Waals surface area (Å²) in [6.07, 6.45) is 7.35. The number of rotatable bonds is 2. The molecule has 0 aromatic carbocycles. The van der Waals surface area contributed by atoms with Crippen LogP contribution in [0.3, 0.4) is 0 Å². The zero-order valence-electron chi connectivity index (χ0n) is 8.69. The predicted octanol–water partition coefficient (Wildman–Crippen LogP) is 4.25. The van der Waals surface area contributed by atoms with Gasteiger partial charge in [0.15, 0.2) is 0 Å². The highest BCUT2D eigenvalue weighted by molar-refractivity contribution is 4.74. The molecule has 0 aromatic rings. The van der Waals surface area contributed by atoms with Crippen LogP contribution in [0.2, 0.25) is 0 Å². The second kappa shape index (κ2) is 6.69. The van der Waals surface area contributed by atoms with Crippen molar-refractivity contribution in [2.24, 2.45) is 11.8 Å². The van der Waals surface area contributed by atoms with Gasteiger partial charge in [-0.3, -0.25) is 0 Å². The van der Waals surface area contributed by atoms with Crippen molar-refractivity contribution in [3.63, 3.8) is 0 Å². The van der Waals surface area contributed by atoms with E-state index in [4.69, 9.17) is 0 Å². The largest absolute Gasteiger partial charge is 0.0683 e. The molecule has 0 heteroatoms. The van der Waals surface area contributed by atoms with Gasteiger partial charge in [-0.1, -0.05) is 59.8 Å². The molecule has 1 aliphatic rings. The van der Waals surface area contributed by atoms with Crippen LogP contribution in [0, 0.1) is 11.8 Å². The van der Waals surface area contributed by atoms with Crippen molar-refractivity contribution >= 4 is 0 Å². The van der Waals surface area contributed by atoms with E-state index in [0.29, 0.717) is 0 Å². The topological polar surface area (TPSA) is 0 Å². The molecule has 0 heterocycles. The first-order valence-corrected chi connectivity index (χ1v) is 5.38. The zero-order chi connectivity index (χ0) is 8.69. The second-order valence-corrected chi connectivity index (χ2v) is 3.27. The predicted molar refractivity (Wildman–Crippen MR) is 52.8 cm³/mol. The Morgan fingerprint density at radius 1 is 0.909 bits per heavy atom. The molecule has 11 heavy (non-hydrogen) atoms. The van der Waals surface area contributed by atoms with E-state index >= 15 is 0 Å². The third kappa shape index (κ3) is 3.27. The first kappa shape index (κ1) is 11.0. The molecule has 0 saturated heterocycles. The van der Waals surface area contributed by atoms with Gasteiger partial charge in [0.2, 0.25) is 0 Å². The number of hydrogen-bond donors (Lipinski definition) is 0. The summed E-state index contributed by atoms with van der Waals surface area (Å²) in [5.41, 5.74) is 0. The summed E-state index contributed by atoms with van der Waals surface area (Å²) in [7, 11) is 0. The first-order valence-electron chi connectivity index (χ1n) is 5.38. The van der Waals surface area contributed by atoms with E-state index < -0.39 is 0 Å². The lowest BCUT2D eigenvalue weighted by Gasteiger charge is -2.14. The summed E-state index contributed by atoms with van der Waals surface area (Å²) >= 11 is 0. The fraction of sp³-hybridized carbons (Fsp3) is 1.00. The molecule has 0 bridgehead atoms. The summed E-state index contributed by atoms with van der Waals surface area (Å²) in [5.74, 6) is 2.16. The quantitative estimate of drug-likeness (QED) is 0.560. The molecule has 68 valence electrons. The molecule has 0 amide bonds. The van der Waals surface area contributed by atoms with Crippen molar-refractivity contribution in [2.45, 2.75) is 59.8 Å². The van der Waals surface area contributed by atoms with E-state index in [9.17, 15) is 0 Å². The SMILES string of the molecule is CC.CCC1CCCC1CC. The average Bonchev–Trinajstić information content (AvgIpc) is 2.54. The van der Waals surface area contributed by atoms with Crippen molar-refractivity contribution in [3.05, 3.63) is 0 Å². The van der Waals surface area contributed by atoms with E-state index in [1.165, 1.54) is 32.1 Å². The van der Waals surface area contributed by atoms with Gasteiger partial charge in [0, 0.05) is 0 Å². The van der Waals surface area contributed by atoms with E-state index in [2.05, 4.69) is 13.8 Å². The van der Waals surface area contributed by atoms with Gasteiger partial charge in [-0.15, -0.1) is 0 Å². The van der Waals surface area contributed by atoms with E-state index in [-0.39, 0.29) is 0 Å². The Bertz CT molecular complexity index is 66.1. The second-order valence-electron chi connectivity index (χ2n) is 3.27. The summed E-state index contributed by atoms with van der Waals surface area (Å²) in [5, 5.41) is 0. The molecule has 1 fully saturated rings. The van der Waals surface area contributed by atoms with Crippen molar-refractivity contribution in [2.75, 3.05) is 0 Å². The lowest BCUT2D eigenvalue weighted by atomic mass is 9.92. The third-order valence-corrected chi connectivity index (χ3v) is 2.87. The molecular formula is C11H24. The summed E-state index contributed by atoms with van der Waals surface area (Å²) in [6.45, 7) is 8.66. The lowest BCUT2D eigenvalue weighted by Crippen LogP contribution is -2.04. The van der Waals surface area contributed by atoms with Gasteiger partial charge in [0.25, 0.3) is 0 Å². The zero-order valence-corrected chi connectivity index (χ0v) is 8.69. The van der Waals surface area contributed by atoms with Gasteiger partial charge in [-0.2, -0.15) is 0 Å². The minimum Gasteiger partial charge on any atom is -0.0683 e. The van der Waals surface area contributed by atoms with Gasteiger partial charge < -0.3 is 0 Å². The molecular weight excluding hydrogens is 132 g/mol. The van der Waals surface area contributed by atoms with Crippen LogP contribution in [0.5, 0.6) is 0 Å². The van der Waals surface area contributed by atoms with Crippen LogP contribution < -0.4 is 0 Å². The molecule has 0 spiro atoms. The Balaban J connectivity index is 0.000000461. The van der Waals surface area contributed by atoms with Crippen LogP contribution in [0.4, 0.5) is 0 Å². The van der Waals surface area contributed by atoms with Gasteiger partial charge >= 0.3 is 0 Å².